The standard InChI is InChI=1S/C29H32Cl2N4O/c1-33-12-14-35(15-13-33)25-7-6-24(32-19-25)20-34-10-8-29(9-11-34)27-5-3-2-4-26(27)28(36-29)21-16-22(30)18-23(31)17-21/h2-7,16-19,28H,8-15,20H2,1H3. The molecule has 0 amide bonds. The Balaban J connectivity index is 1.13. The summed E-state index contributed by atoms with van der Waals surface area (Å²) in [6.45, 7) is 7.15. The molecule has 2 saturated heterocycles. The number of halogens is 2. The number of piperazine rings is 1. The summed E-state index contributed by atoms with van der Waals surface area (Å²) in [5, 5.41) is 1.28. The van der Waals surface area contributed by atoms with Gasteiger partial charge in [-0.05, 0) is 66.9 Å². The van der Waals surface area contributed by atoms with E-state index in [1.165, 1.54) is 16.8 Å². The number of likely N-dealkylation sites (tertiary alicyclic amines) is 1. The van der Waals surface area contributed by atoms with Gasteiger partial charge in [-0.25, -0.2) is 0 Å². The molecule has 1 aromatic heterocycles. The fraction of sp³-hybridized carbons (Fsp3) is 0.414. The van der Waals surface area contributed by atoms with E-state index in [4.69, 9.17) is 32.9 Å². The van der Waals surface area contributed by atoms with Gasteiger partial charge in [0.2, 0.25) is 0 Å². The molecule has 3 aliphatic rings. The maximum absolute atomic E-state index is 6.88. The average molecular weight is 524 g/mol. The van der Waals surface area contributed by atoms with Crippen LogP contribution in [-0.2, 0) is 16.9 Å². The molecule has 2 aromatic carbocycles. The Morgan fingerprint density at radius 2 is 1.64 bits per heavy atom. The van der Waals surface area contributed by atoms with Crippen LogP contribution in [-0.4, -0.2) is 61.1 Å². The van der Waals surface area contributed by atoms with Crippen molar-refractivity contribution in [1.29, 1.82) is 0 Å². The number of fused-ring (bicyclic) bond motifs is 2. The highest BCUT2D eigenvalue weighted by Crippen LogP contribution is 2.51. The molecule has 4 heterocycles. The van der Waals surface area contributed by atoms with Gasteiger partial charge in [0.25, 0.3) is 0 Å². The molecular weight excluding hydrogens is 491 g/mol. The third kappa shape index (κ3) is 4.75. The number of benzene rings is 2. The molecule has 1 atom stereocenters. The first-order valence-corrected chi connectivity index (χ1v) is 13.6. The Morgan fingerprint density at radius 3 is 2.33 bits per heavy atom. The second kappa shape index (κ2) is 9.96. The summed E-state index contributed by atoms with van der Waals surface area (Å²) in [6.07, 6.45) is 3.80. The largest absolute Gasteiger partial charge is 0.368 e. The van der Waals surface area contributed by atoms with Gasteiger partial charge in [0, 0.05) is 55.9 Å². The van der Waals surface area contributed by atoms with Crippen LogP contribution >= 0.6 is 23.2 Å². The number of hydrogen-bond donors (Lipinski definition) is 0. The van der Waals surface area contributed by atoms with Gasteiger partial charge in [-0.1, -0.05) is 47.5 Å². The summed E-state index contributed by atoms with van der Waals surface area (Å²) in [5.41, 5.74) is 5.64. The maximum Gasteiger partial charge on any atom is 0.109 e. The van der Waals surface area contributed by atoms with E-state index in [0.717, 1.165) is 69.9 Å². The first kappa shape index (κ1) is 24.2. The van der Waals surface area contributed by atoms with Crippen molar-refractivity contribution in [2.75, 3.05) is 51.2 Å². The van der Waals surface area contributed by atoms with Crippen molar-refractivity contribution in [3.63, 3.8) is 0 Å². The van der Waals surface area contributed by atoms with Crippen molar-refractivity contribution in [2.45, 2.75) is 31.1 Å². The van der Waals surface area contributed by atoms with Crippen molar-refractivity contribution >= 4 is 28.9 Å². The lowest BCUT2D eigenvalue weighted by Crippen LogP contribution is -2.44. The van der Waals surface area contributed by atoms with Crippen LogP contribution in [0.3, 0.4) is 0 Å². The predicted octanol–water partition coefficient (Wildman–Crippen LogP) is 5.75. The van der Waals surface area contributed by atoms with Gasteiger partial charge in [0.1, 0.15) is 6.10 Å². The first-order valence-electron chi connectivity index (χ1n) is 12.8. The van der Waals surface area contributed by atoms with Gasteiger partial charge in [0.05, 0.1) is 23.2 Å². The summed E-state index contributed by atoms with van der Waals surface area (Å²) in [6, 6.07) is 18.8. The van der Waals surface area contributed by atoms with E-state index in [1.54, 1.807) is 6.07 Å². The summed E-state index contributed by atoms with van der Waals surface area (Å²) in [4.78, 5) is 12.1. The zero-order valence-corrected chi connectivity index (χ0v) is 22.2. The Kier molecular flexibility index (Phi) is 6.69. The molecule has 1 spiro atoms. The van der Waals surface area contributed by atoms with E-state index in [1.807, 2.05) is 18.3 Å². The minimum atomic E-state index is -0.273. The fourth-order valence-corrected chi connectivity index (χ4v) is 6.46. The molecule has 6 rings (SSSR count). The average Bonchev–Trinajstić information content (AvgIpc) is 3.20. The lowest BCUT2D eigenvalue weighted by Gasteiger charge is -2.39. The molecule has 36 heavy (non-hydrogen) atoms. The summed E-state index contributed by atoms with van der Waals surface area (Å²) in [7, 11) is 2.18. The number of ether oxygens (including phenoxy) is 1. The molecule has 2 fully saturated rings. The highest BCUT2D eigenvalue weighted by Gasteiger charge is 2.47. The number of piperidine rings is 1. The quantitative estimate of drug-likeness (QED) is 0.435. The van der Waals surface area contributed by atoms with Gasteiger partial charge in [-0.2, -0.15) is 0 Å². The number of anilines is 1. The third-order valence-corrected chi connectivity index (χ3v) is 8.43. The maximum atomic E-state index is 6.88. The topological polar surface area (TPSA) is 31.8 Å². The monoisotopic (exact) mass is 522 g/mol. The third-order valence-electron chi connectivity index (χ3n) is 7.99. The highest BCUT2D eigenvalue weighted by atomic mass is 35.5. The molecule has 7 heteroatoms. The number of likely N-dealkylation sites (N-methyl/N-ethyl adjacent to an activating group) is 1. The van der Waals surface area contributed by atoms with Crippen LogP contribution < -0.4 is 4.90 Å². The van der Waals surface area contributed by atoms with Crippen LogP contribution in [0.4, 0.5) is 5.69 Å². The number of rotatable bonds is 4. The van der Waals surface area contributed by atoms with E-state index < -0.39 is 0 Å². The molecule has 0 N–H and O–H groups in total. The number of hydrogen-bond acceptors (Lipinski definition) is 5. The number of nitrogens with zero attached hydrogens (tertiary/aromatic N) is 4. The van der Waals surface area contributed by atoms with E-state index in [0.29, 0.717) is 10.0 Å². The van der Waals surface area contributed by atoms with Crippen LogP contribution in [0.5, 0.6) is 0 Å². The van der Waals surface area contributed by atoms with Gasteiger partial charge in [-0.15, -0.1) is 0 Å². The minimum Gasteiger partial charge on any atom is -0.368 e. The van der Waals surface area contributed by atoms with E-state index in [2.05, 4.69) is 58.1 Å². The van der Waals surface area contributed by atoms with Gasteiger partial charge in [0.15, 0.2) is 0 Å². The molecule has 3 aromatic rings. The Labute approximate surface area is 223 Å². The Hall–Kier alpha value is -2.15. The molecule has 0 saturated carbocycles. The molecule has 188 valence electrons. The highest BCUT2D eigenvalue weighted by molar-refractivity contribution is 6.34. The van der Waals surface area contributed by atoms with Gasteiger partial charge in [-0.3, -0.25) is 9.88 Å². The fourth-order valence-electron chi connectivity index (χ4n) is 5.92. The van der Waals surface area contributed by atoms with Crippen molar-refractivity contribution in [1.82, 2.24) is 14.8 Å². The van der Waals surface area contributed by atoms with Crippen LogP contribution in [0.2, 0.25) is 10.0 Å². The van der Waals surface area contributed by atoms with Crippen molar-refractivity contribution < 1.29 is 4.74 Å². The van der Waals surface area contributed by atoms with Crippen LogP contribution in [0.1, 0.15) is 41.3 Å². The molecule has 0 aliphatic carbocycles. The number of aromatic nitrogens is 1. The normalized spacial score (nSPS) is 22.2. The molecule has 0 radical (unpaired) electrons. The molecule has 5 nitrogen and oxygen atoms in total. The molecule has 1 unspecified atom stereocenters. The van der Waals surface area contributed by atoms with E-state index in [-0.39, 0.29) is 11.7 Å². The molecule has 0 bridgehead atoms. The predicted molar refractivity (Wildman–Crippen MR) is 146 cm³/mol. The number of pyridine rings is 1. The van der Waals surface area contributed by atoms with Crippen LogP contribution in [0.15, 0.2) is 60.8 Å². The van der Waals surface area contributed by atoms with Gasteiger partial charge < -0.3 is 14.5 Å². The van der Waals surface area contributed by atoms with Crippen LogP contribution in [0, 0.1) is 0 Å². The molecule has 3 aliphatic heterocycles. The summed E-state index contributed by atoms with van der Waals surface area (Å²) in [5.74, 6) is 0. The van der Waals surface area contributed by atoms with Gasteiger partial charge >= 0.3 is 0 Å². The van der Waals surface area contributed by atoms with Crippen molar-refractivity contribution in [2.24, 2.45) is 0 Å². The molecular formula is C29H32Cl2N4O. The SMILES string of the molecule is CN1CCN(c2ccc(CN3CCC4(CC3)OC(c3cc(Cl)cc(Cl)c3)c3ccccc34)nc2)CC1. The smallest absolute Gasteiger partial charge is 0.109 e. The lowest BCUT2D eigenvalue weighted by atomic mass is 9.83. The summed E-state index contributed by atoms with van der Waals surface area (Å²) >= 11 is 12.7. The zero-order chi connectivity index (χ0) is 24.7. The minimum absolute atomic E-state index is 0.146. The van der Waals surface area contributed by atoms with Crippen molar-refractivity contribution in [3.05, 3.63) is 93.2 Å². The lowest BCUT2D eigenvalue weighted by molar-refractivity contribution is -0.0979. The Bertz CT molecular complexity index is 1200. The van der Waals surface area contributed by atoms with E-state index in [9.17, 15) is 0 Å². The van der Waals surface area contributed by atoms with Crippen LogP contribution in [0.25, 0.3) is 0 Å². The summed E-state index contributed by atoms with van der Waals surface area (Å²) < 4.78 is 6.88. The second-order valence-corrected chi connectivity index (χ2v) is 11.2. The second-order valence-electron chi connectivity index (χ2n) is 10.4. The van der Waals surface area contributed by atoms with Crippen molar-refractivity contribution in [3.8, 4) is 0 Å². The van der Waals surface area contributed by atoms with E-state index >= 15 is 0 Å². The zero-order valence-electron chi connectivity index (χ0n) is 20.7. The Morgan fingerprint density at radius 1 is 0.917 bits per heavy atom. The first-order chi connectivity index (χ1) is 17.5.